The van der Waals surface area contributed by atoms with Gasteiger partial charge in [-0.2, -0.15) is 0 Å². The van der Waals surface area contributed by atoms with Crippen LogP contribution in [-0.4, -0.2) is 38.6 Å². The van der Waals surface area contributed by atoms with E-state index in [1.165, 1.54) is 0 Å². The summed E-state index contributed by atoms with van der Waals surface area (Å²) in [6.45, 7) is 3.44. The van der Waals surface area contributed by atoms with E-state index in [0.717, 1.165) is 38.0 Å². The molecule has 0 bridgehead atoms. The molecule has 2 aliphatic heterocycles. The minimum atomic E-state index is -2.97. The smallest absolute Gasteiger partial charge is 0.155 e. The van der Waals surface area contributed by atoms with Crippen LogP contribution in [0.15, 0.2) is 11.8 Å². The van der Waals surface area contributed by atoms with Crippen LogP contribution in [0.5, 0.6) is 0 Å². The molecule has 0 aromatic rings. The molecule has 1 N–H and O–H groups in total. The number of rotatable bonds is 4. The summed E-state index contributed by atoms with van der Waals surface area (Å²) in [7, 11) is -2.97. The van der Waals surface area contributed by atoms with Gasteiger partial charge in [-0.05, 0) is 25.5 Å². The summed E-state index contributed by atoms with van der Waals surface area (Å²) < 4.78 is 29.8. The molecule has 2 aliphatic rings. The fourth-order valence-electron chi connectivity index (χ4n) is 2.64. The number of sulfone groups is 1. The second-order valence-corrected chi connectivity index (χ2v) is 7.02. The van der Waals surface area contributed by atoms with Crippen molar-refractivity contribution in [1.82, 2.24) is 5.32 Å². The molecule has 0 aliphatic carbocycles. The molecule has 2 rings (SSSR count). The maximum absolute atomic E-state index is 12.1. The first kappa shape index (κ1) is 12.9. The van der Waals surface area contributed by atoms with Crippen molar-refractivity contribution in [1.29, 1.82) is 0 Å². The standard InChI is InChI=1S/C12H21NO3S/c1-2-13-12(10-6-5-8-16-10)11-7-3-4-9-17(11,14)15/h6,11-13H,2-5,7-9H2,1H3. The number of hydrogen-bond donors (Lipinski definition) is 1. The first-order valence-electron chi connectivity index (χ1n) is 6.43. The highest BCUT2D eigenvalue weighted by Gasteiger charge is 2.38. The molecule has 2 unspecified atom stereocenters. The fraction of sp³-hybridized carbons (Fsp3) is 0.833. The predicted molar refractivity (Wildman–Crippen MR) is 67.5 cm³/mol. The van der Waals surface area contributed by atoms with Crippen molar-refractivity contribution in [2.45, 2.75) is 43.9 Å². The first-order chi connectivity index (χ1) is 8.15. The minimum absolute atomic E-state index is 0.146. The molecule has 0 spiro atoms. The maximum Gasteiger partial charge on any atom is 0.155 e. The van der Waals surface area contributed by atoms with E-state index in [1.807, 2.05) is 13.0 Å². The van der Waals surface area contributed by atoms with Crippen LogP contribution in [0.1, 0.15) is 32.6 Å². The molecule has 0 saturated carbocycles. The molecule has 17 heavy (non-hydrogen) atoms. The van der Waals surface area contributed by atoms with Crippen molar-refractivity contribution in [3.05, 3.63) is 11.8 Å². The van der Waals surface area contributed by atoms with E-state index >= 15 is 0 Å². The van der Waals surface area contributed by atoms with Gasteiger partial charge in [-0.25, -0.2) is 8.42 Å². The third-order valence-corrected chi connectivity index (χ3v) is 5.75. The highest BCUT2D eigenvalue weighted by atomic mass is 32.2. The quantitative estimate of drug-likeness (QED) is 0.825. The number of likely N-dealkylation sites (N-methyl/N-ethyl adjacent to an activating group) is 1. The van der Waals surface area contributed by atoms with Gasteiger partial charge in [0, 0.05) is 6.42 Å². The highest BCUT2D eigenvalue weighted by molar-refractivity contribution is 7.92. The van der Waals surface area contributed by atoms with E-state index in [1.54, 1.807) is 0 Å². The predicted octanol–water partition coefficient (Wildman–Crippen LogP) is 1.24. The van der Waals surface area contributed by atoms with Crippen molar-refractivity contribution in [2.75, 3.05) is 18.9 Å². The molecular formula is C12H21NO3S. The average molecular weight is 259 g/mol. The summed E-state index contributed by atoms with van der Waals surface area (Å²) in [5.41, 5.74) is 0. The Morgan fingerprint density at radius 2 is 2.35 bits per heavy atom. The summed E-state index contributed by atoms with van der Waals surface area (Å²) in [6.07, 6.45) is 5.47. The Hall–Kier alpha value is -0.550. The Labute approximate surface area is 103 Å². The summed E-state index contributed by atoms with van der Waals surface area (Å²) in [4.78, 5) is 0. The molecule has 5 heteroatoms. The Morgan fingerprint density at radius 1 is 1.53 bits per heavy atom. The van der Waals surface area contributed by atoms with Crippen LogP contribution in [0.25, 0.3) is 0 Å². The van der Waals surface area contributed by atoms with Gasteiger partial charge in [-0.1, -0.05) is 13.3 Å². The molecule has 98 valence electrons. The zero-order chi connectivity index (χ0) is 12.3. The third kappa shape index (κ3) is 2.83. The van der Waals surface area contributed by atoms with Crippen LogP contribution in [0.2, 0.25) is 0 Å². The Kier molecular flexibility index (Phi) is 4.09. The lowest BCUT2D eigenvalue weighted by molar-refractivity contribution is 0.211. The van der Waals surface area contributed by atoms with Gasteiger partial charge in [0.2, 0.25) is 0 Å². The normalized spacial score (nSPS) is 29.5. The largest absolute Gasteiger partial charge is 0.496 e. The zero-order valence-electron chi connectivity index (χ0n) is 10.3. The van der Waals surface area contributed by atoms with Gasteiger partial charge in [0.05, 0.1) is 23.7 Å². The van der Waals surface area contributed by atoms with Gasteiger partial charge in [0.25, 0.3) is 0 Å². The third-order valence-electron chi connectivity index (χ3n) is 3.46. The molecular weight excluding hydrogens is 238 g/mol. The van der Waals surface area contributed by atoms with Crippen LogP contribution >= 0.6 is 0 Å². The number of hydrogen-bond acceptors (Lipinski definition) is 4. The molecule has 0 aromatic carbocycles. The van der Waals surface area contributed by atoms with Crippen molar-refractivity contribution < 1.29 is 13.2 Å². The van der Waals surface area contributed by atoms with Crippen LogP contribution in [0.4, 0.5) is 0 Å². The highest BCUT2D eigenvalue weighted by Crippen LogP contribution is 2.27. The van der Waals surface area contributed by atoms with Crippen molar-refractivity contribution in [2.24, 2.45) is 0 Å². The maximum atomic E-state index is 12.1. The van der Waals surface area contributed by atoms with Crippen molar-refractivity contribution in [3.8, 4) is 0 Å². The first-order valence-corrected chi connectivity index (χ1v) is 8.14. The van der Waals surface area contributed by atoms with Crippen LogP contribution in [0.3, 0.4) is 0 Å². The number of nitrogens with one attached hydrogen (secondary N) is 1. The zero-order valence-corrected chi connectivity index (χ0v) is 11.1. The van der Waals surface area contributed by atoms with Crippen LogP contribution in [-0.2, 0) is 14.6 Å². The number of ether oxygens (including phenoxy) is 1. The topological polar surface area (TPSA) is 55.4 Å². The lowest BCUT2D eigenvalue weighted by Gasteiger charge is -2.30. The molecule has 0 radical (unpaired) electrons. The lowest BCUT2D eigenvalue weighted by atomic mass is 10.1. The van der Waals surface area contributed by atoms with Crippen LogP contribution in [0, 0.1) is 0 Å². The Morgan fingerprint density at radius 3 is 2.94 bits per heavy atom. The van der Waals surface area contributed by atoms with E-state index in [4.69, 9.17) is 4.74 Å². The lowest BCUT2D eigenvalue weighted by Crippen LogP contribution is -2.47. The molecule has 4 nitrogen and oxygen atoms in total. The van der Waals surface area contributed by atoms with E-state index < -0.39 is 9.84 Å². The monoisotopic (exact) mass is 259 g/mol. The van der Waals surface area contributed by atoms with Crippen molar-refractivity contribution in [3.63, 3.8) is 0 Å². The SMILES string of the molecule is CCNC(C1=CCCO1)C1CCCCS1(=O)=O. The van der Waals surface area contributed by atoms with E-state index in [-0.39, 0.29) is 11.3 Å². The average Bonchev–Trinajstić information content (AvgIpc) is 2.79. The molecule has 0 amide bonds. The van der Waals surface area contributed by atoms with Gasteiger partial charge < -0.3 is 10.1 Å². The summed E-state index contributed by atoms with van der Waals surface area (Å²) in [5.74, 6) is 1.16. The summed E-state index contributed by atoms with van der Waals surface area (Å²) in [6, 6.07) is -0.146. The van der Waals surface area contributed by atoms with Gasteiger partial charge in [-0.3, -0.25) is 0 Å². The van der Waals surface area contributed by atoms with Gasteiger partial charge in [-0.15, -0.1) is 0 Å². The molecule has 1 fully saturated rings. The molecule has 2 atom stereocenters. The van der Waals surface area contributed by atoms with Crippen molar-refractivity contribution >= 4 is 9.84 Å². The van der Waals surface area contributed by atoms with Gasteiger partial charge in [0.15, 0.2) is 9.84 Å². The second kappa shape index (κ2) is 5.40. The van der Waals surface area contributed by atoms with E-state index in [2.05, 4.69) is 5.32 Å². The molecule has 0 aromatic heterocycles. The molecule has 2 heterocycles. The Balaban J connectivity index is 2.19. The summed E-state index contributed by atoms with van der Waals surface area (Å²) >= 11 is 0. The Bertz CT molecular complexity index is 389. The van der Waals surface area contributed by atoms with E-state index in [9.17, 15) is 8.42 Å². The fourth-order valence-corrected chi connectivity index (χ4v) is 4.72. The molecule has 1 saturated heterocycles. The van der Waals surface area contributed by atoms with Gasteiger partial charge in [0.1, 0.15) is 5.76 Å². The van der Waals surface area contributed by atoms with E-state index in [0.29, 0.717) is 12.4 Å². The van der Waals surface area contributed by atoms with Gasteiger partial charge >= 0.3 is 0 Å². The minimum Gasteiger partial charge on any atom is -0.496 e. The summed E-state index contributed by atoms with van der Waals surface area (Å²) in [5, 5.41) is 2.97. The van der Waals surface area contributed by atoms with Crippen LogP contribution < -0.4 is 5.32 Å². The second-order valence-electron chi connectivity index (χ2n) is 4.68.